The first-order chi connectivity index (χ1) is 14.0. The van der Waals surface area contributed by atoms with E-state index in [0.717, 1.165) is 18.4 Å². The number of aliphatic hydroxyl groups excluding tert-OH is 1. The number of esters is 1. The maximum absolute atomic E-state index is 13.2. The molecule has 2 unspecified atom stereocenters. The van der Waals surface area contributed by atoms with E-state index in [1.807, 2.05) is 30.3 Å². The van der Waals surface area contributed by atoms with Crippen LogP contribution in [0.15, 0.2) is 30.3 Å². The minimum atomic E-state index is -1.34. The molecule has 29 heavy (non-hydrogen) atoms. The summed E-state index contributed by atoms with van der Waals surface area (Å²) in [5.74, 6) is -1.70. The van der Waals surface area contributed by atoms with E-state index in [2.05, 4.69) is 5.32 Å². The lowest BCUT2D eigenvalue weighted by Gasteiger charge is -2.31. The number of carbonyl (C=O) groups is 3. The van der Waals surface area contributed by atoms with Crippen molar-refractivity contribution in [2.75, 3.05) is 13.2 Å². The number of ether oxygens (including phenoxy) is 1. The van der Waals surface area contributed by atoms with Gasteiger partial charge in [-0.1, -0.05) is 36.8 Å². The highest BCUT2D eigenvalue weighted by molar-refractivity contribution is 5.89. The van der Waals surface area contributed by atoms with Gasteiger partial charge in [0.2, 0.25) is 11.8 Å². The predicted molar refractivity (Wildman–Crippen MR) is 106 cm³/mol. The van der Waals surface area contributed by atoms with Gasteiger partial charge in [-0.2, -0.15) is 0 Å². The zero-order valence-corrected chi connectivity index (χ0v) is 16.9. The number of nitrogens with one attached hydrogen (secondary N) is 1. The van der Waals surface area contributed by atoms with Gasteiger partial charge < -0.3 is 20.1 Å². The Kier molecular flexibility index (Phi) is 7.25. The quantitative estimate of drug-likeness (QED) is 0.676. The molecule has 1 saturated carbocycles. The van der Waals surface area contributed by atoms with Gasteiger partial charge in [-0.05, 0) is 38.2 Å². The fourth-order valence-corrected chi connectivity index (χ4v) is 4.48. The lowest BCUT2D eigenvalue weighted by Crippen LogP contribution is -2.50. The highest BCUT2D eigenvalue weighted by atomic mass is 16.5. The second-order valence-electron chi connectivity index (χ2n) is 7.79. The molecule has 1 aromatic rings. The van der Waals surface area contributed by atoms with E-state index in [0.29, 0.717) is 32.4 Å². The average molecular weight is 402 g/mol. The third kappa shape index (κ3) is 4.96. The molecule has 1 aliphatic heterocycles. The summed E-state index contributed by atoms with van der Waals surface area (Å²) in [6.07, 6.45) is 2.09. The third-order valence-corrected chi connectivity index (χ3v) is 5.95. The molecule has 0 aromatic heterocycles. The van der Waals surface area contributed by atoms with Crippen LogP contribution in [0.3, 0.4) is 0 Å². The van der Waals surface area contributed by atoms with Crippen LogP contribution in [0.4, 0.5) is 0 Å². The van der Waals surface area contributed by atoms with Crippen molar-refractivity contribution in [2.45, 2.75) is 57.7 Å². The molecule has 7 nitrogen and oxygen atoms in total. The second kappa shape index (κ2) is 9.87. The molecule has 1 heterocycles. The molecule has 2 fully saturated rings. The van der Waals surface area contributed by atoms with Gasteiger partial charge in [0, 0.05) is 24.9 Å². The molecular formula is C22H30N2O5. The number of hydrogen-bond acceptors (Lipinski definition) is 5. The lowest BCUT2D eigenvalue weighted by atomic mass is 9.93. The van der Waals surface area contributed by atoms with Crippen molar-refractivity contribution in [2.24, 2.45) is 11.8 Å². The van der Waals surface area contributed by atoms with Gasteiger partial charge in [0.05, 0.1) is 12.6 Å². The maximum Gasteiger partial charge on any atom is 0.337 e. The van der Waals surface area contributed by atoms with Crippen LogP contribution < -0.4 is 5.32 Å². The van der Waals surface area contributed by atoms with Gasteiger partial charge in [0.1, 0.15) is 0 Å². The summed E-state index contributed by atoms with van der Waals surface area (Å²) in [5.41, 5.74) is 1.01. The van der Waals surface area contributed by atoms with Crippen LogP contribution >= 0.6 is 0 Å². The number of amides is 2. The van der Waals surface area contributed by atoms with Crippen LogP contribution in [0.25, 0.3) is 0 Å². The number of nitrogens with zero attached hydrogens (tertiary/aromatic N) is 1. The Bertz CT molecular complexity index is 723. The minimum Gasteiger partial charge on any atom is -0.464 e. The number of rotatable bonds is 7. The lowest BCUT2D eigenvalue weighted by molar-refractivity contribution is -0.158. The fraction of sp³-hybridized carbons (Fsp3) is 0.591. The molecule has 0 bridgehead atoms. The molecule has 158 valence electrons. The Labute approximate surface area is 171 Å². The van der Waals surface area contributed by atoms with Crippen LogP contribution in [-0.4, -0.2) is 53.1 Å². The van der Waals surface area contributed by atoms with E-state index < -0.39 is 24.0 Å². The molecule has 1 saturated heterocycles. The number of hydrogen-bond donors (Lipinski definition) is 2. The molecule has 4 atom stereocenters. The SMILES string of the molecule is CCOC(=O)C(O)[C@@H]1CCCN1C(=O)C1CCC[C@H]1C(=O)NCc1ccccc1. The van der Waals surface area contributed by atoms with Crippen molar-refractivity contribution < 1.29 is 24.2 Å². The molecule has 1 aliphatic carbocycles. The van der Waals surface area contributed by atoms with Gasteiger partial charge in [-0.25, -0.2) is 4.79 Å². The number of carbonyl (C=O) groups excluding carboxylic acids is 3. The van der Waals surface area contributed by atoms with Gasteiger partial charge in [-0.15, -0.1) is 0 Å². The molecule has 0 spiro atoms. The Balaban J connectivity index is 1.62. The molecule has 1 aromatic carbocycles. The Morgan fingerprint density at radius 2 is 1.86 bits per heavy atom. The van der Waals surface area contributed by atoms with E-state index in [4.69, 9.17) is 4.74 Å². The smallest absolute Gasteiger partial charge is 0.337 e. The van der Waals surface area contributed by atoms with Crippen LogP contribution in [0.5, 0.6) is 0 Å². The number of likely N-dealkylation sites (tertiary alicyclic amines) is 1. The van der Waals surface area contributed by atoms with Crippen LogP contribution in [0.2, 0.25) is 0 Å². The highest BCUT2D eigenvalue weighted by Crippen LogP contribution is 2.35. The zero-order valence-electron chi connectivity index (χ0n) is 16.9. The van der Waals surface area contributed by atoms with Crippen LogP contribution in [-0.2, 0) is 25.7 Å². The van der Waals surface area contributed by atoms with E-state index in [1.54, 1.807) is 11.8 Å². The first-order valence-corrected chi connectivity index (χ1v) is 10.5. The van der Waals surface area contributed by atoms with E-state index in [1.165, 1.54) is 0 Å². The summed E-state index contributed by atoms with van der Waals surface area (Å²) in [6, 6.07) is 9.09. The van der Waals surface area contributed by atoms with E-state index in [9.17, 15) is 19.5 Å². The third-order valence-electron chi connectivity index (χ3n) is 5.95. The first-order valence-electron chi connectivity index (χ1n) is 10.5. The standard InChI is InChI=1S/C22H30N2O5/c1-2-29-22(28)19(25)18-12-7-13-24(18)21(27)17-11-6-10-16(17)20(26)23-14-15-8-4-3-5-9-15/h3-5,8-9,16-19,25H,2,6-7,10-14H2,1H3,(H,23,26)/t16-,17?,18+,19?/m1/s1. The molecule has 0 radical (unpaired) electrons. The van der Waals surface area contributed by atoms with Crippen molar-refractivity contribution in [3.8, 4) is 0 Å². The Hall–Kier alpha value is -2.41. The summed E-state index contributed by atoms with van der Waals surface area (Å²) >= 11 is 0. The summed E-state index contributed by atoms with van der Waals surface area (Å²) in [7, 11) is 0. The van der Waals surface area contributed by atoms with Crippen molar-refractivity contribution in [3.63, 3.8) is 0 Å². The predicted octanol–water partition coefficient (Wildman–Crippen LogP) is 1.63. The van der Waals surface area contributed by atoms with Gasteiger partial charge >= 0.3 is 5.97 Å². The molecule has 7 heteroatoms. The zero-order chi connectivity index (χ0) is 20.8. The van der Waals surface area contributed by atoms with Gasteiger partial charge in [0.25, 0.3) is 0 Å². The maximum atomic E-state index is 13.2. The van der Waals surface area contributed by atoms with Crippen LogP contribution in [0.1, 0.15) is 44.6 Å². The van der Waals surface area contributed by atoms with Crippen molar-refractivity contribution in [1.29, 1.82) is 0 Å². The van der Waals surface area contributed by atoms with Crippen molar-refractivity contribution in [1.82, 2.24) is 10.2 Å². The second-order valence-corrected chi connectivity index (χ2v) is 7.79. The van der Waals surface area contributed by atoms with E-state index >= 15 is 0 Å². The first kappa shape index (κ1) is 21.3. The number of benzene rings is 1. The van der Waals surface area contributed by atoms with Crippen LogP contribution in [0, 0.1) is 11.8 Å². The largest absolute Gasteiger partial charge is 0.464 e. The fourth-order valence-electron chi connectivity index (χ4n) is 4.48. The highest BCUT2D eigenvalue weighted by Gasteiger charge is 2.45. The summed E-state index contributed by atoms with van der Waals surface area (Å²) in [6.45, 7) is 2.79. The molecule has 2 amide bonds. The molecular weight excluding hydrogens is 372 g/mol. The normalized spacial score (nSPS) is 24.9. The number of aliphatic hydroxyl groups is 1. The van der Waals surface area contributed by atoms with E-state index in [-0.39, 0.29) is 24.3 Å². The molecule has 2 aliphatic rings. The van der Waals surface area contributed by atoms with Crippen molar-refractivity contribution in [3.05, 3.63) is 35.9 Å². The summed E-state index contributed by atoms with van der Waals surface area (Å²) in [4.78, 5) is 39.5. The van der Waals surface area contributed by atoms with Gasteiger partial charge in [-0.3, -0.25) is 9.59 Å². The molecule has 3 rings (SSSR count). The summed E-state index contributed by atoms with van der Waals surface area (Å²) in [5, 5.41) is 13.3. The topological polar surface area (TPSA) is 95.9 Å². The summed E-state index contributed by atoms with van der Waals surface area (Å²) < 4.78 is 4.91. The average Bonchev–Trinajstić information content (AvgIpc) is 3.41. The Morgan fingerprint density at radius 3 is 2.59 bits per heavy atom. The molecule has 2 N–H and O–H groups in total. The Morgan fingerprint density at radius 1 is 1.14 bits per heavy atom. The minimum absolute atomic E-state index is 0.105. The van der Waals surface area contributed by atoms with Gasteiger partial charge in [0.15, 0.2) is 6.10 Å². The monoisotopic (exact) mass is 402 g/mol. The van der Waals surface area contributed by atoms with Crippen molar-refractivity contribution >= 4 is 17.8 Å².